The molecule has 1 heterocycles. The van der Waals surface area contributed by atoms with Gasteiger partial charge in [0.1, 0.15) is 17.6 Å². The Morgan fingerprint density at radius 1 is 1.39 bits per heavy atom. The molecule has 2 unspecified atom stereocenters. The van der Waals surface area contributed by atoms with Gasteiger partial charge in [-0.1, -0.05) is 26.3 Å². The van der Waals surface area contributed by atoms with Gasteiger partial charge in [0.2, 0.25) is 0 Å². The van der Waals surface area contributed by atoms with Crippen LogP contribution in [0.5, 0.6) is 11.5 Å². The van der Waals surface area contributed by atoms with Gasteiger partial charge in [0.15, 0.2) is 0 Å². The molecule has 0 spiro atoms. The summed E-state index contributed by atoms with van der Waals surface area (Å²) in [5.74, 6) is 1.84. The fraction of sp³-hybridized carbons (Fsp3) is 0.600. The quantitative estimate of drug-likeness (QED) is 0.868. The van der Waals surface area contributed by atoms with Crippen LogP contribution >= 0.6 is 0 Å². The van der Waals surface area contributed by atoms with Crippen molar-refractivity contribution in [3.63, 3.8) is 0 Å². The number of rotatable bonds is 5. The minimum absolute atomic E-state index is 0.318. The maximum absolute atomic E-state index is 6.07. The third-order valence-corrected chi connectivity index (χ3v) is 3.45. The SMILES string of the molecule is CCCC1CC(NCC)c2ccc(OC)cc2O1. The molecule has 0 aromatic heterocycles. The van der Waals surface area contributed by atoms with Crippen molar-refractivity contribution in [1.82, 2.24) is 5.32 Å². The zero-order valence-corrected chi connectivity index (χ0v) is 11.5. The van der Waals surface area contributed by atoms with E-state index in [4.69, 9.17) is 9.47 Å². The lowest BCUT2D eigenvalue weighted by Crippen LogP contribution is -2.32. The summed E-state index contributed by atoms with van der Waals surface area (Å²) in [4.78, 5) is 0. The second kappa shape index (κ2) is 6.10. The Morgan fingerprint density at radius 3 is 2.89 bits per heavy atom. The standard InChI is InChI=1S/C15H23NO2/c1-4-6-12-9-14(16-5-2)13-8-7-11(17-3)10-15(13)18-12/h7-8,10,12,14,16H,4-6,9H2,1-3H3. The molecular formula is C15H23NO2. The van der Waals surface area contributed by atoms with Gasteiger partial charge in [0.05, 0.1) is 7.11 Å². The Labute approximate surface area is 109 Å². The topological polar surface area (TPSA) is 30.5 Å². The normalized spacial score (nSPS) is 22.2. The number of methoxy groups -OCH3 is 1. The minimum atomic E-state index is 0.318. The van der Waals surface area contributed by atoms with Crippen molar-refractivity contribution in [2.75, 3.05) is 13.7 Å². The predicted molar refractivity (Wildman–Crippen MR) is 73.4 cm³/mol. The summed E-state index contributed by atoms with van der Waals surface area (Å²) in [7, 11) is 1.69. The lowest BCUT2D eigenvalue weighted by Gasteiger charge is -2.32. The molecule has 0 saturated heterocycles. The molecule has 100 valence electrons. The van der Waals surface area contributed by atoms with Crippen LogP contribution in [0, 0.1) is 0 Å². The number of nitrogens with one attached hydrogen (secondary N) is 1. The lowest BCUT2D eigenvalue weighted by atomic mass is 9.94. The molecule has 0 saturated carbocycles. The maximum atomic E-state index is 6.07. The zero-order valence-electron chi connectivity index (χ0n) is 11.5. The smallest absolute Gasteiger partial charge is 0.128 e. The van der Waals surface area contributed by atoms with E-state index in [1.54, 1.807) is 7.11 Å². The van der Waals surface area contributed by atoms with Crippen LogP contribution in [-0.2, 0) is 0 Å². The first kappa shape index (κ1) is 13.2. The van der Waals surface area contributed by atoms with E-state index in [0.29, 0.717) is 12.1 Å². The Kier molecular flexibility index (Phi) is 4.48. The summed E-state index contributed by atoms with van der Waals surface area (Å²) in [5.41, 5.74) is 1.25. The molecule has 1 aliphatic heterocycles. The van der Waals surface area contributed by atoms with E-state index in [2.05, 4.69) is 25.2 Å². The Morgan fingerprint density at radius 2 is 2.22 bits per heavy atom. The second-order valence-electron chi connectivity index (χ2n) is 4.78. The highest BCUT2D eigenvalue weighted by atomic mass is 16.5. The Hall–Kier alpha value is -1.22. The van der Waals surface area contributed by atoms with Gasteiger partial charge in [-0.15, -0.1) is 0 Å². The van der Waals surface area contributed by atoms with Crippen molar-refractivity contribution in [3.05, 3.63) is 23.8 Å². The van der Waals surface area contributed by atoms with Gasteiger partial charge in [0, 0.05) is 24.1 Å². The summed E-state index contributed by atoms with van der Waals surface area (Å²) in [6.45, 7) is 5.33. The first-order valence-electron chi connectivity index (χ1n) is 6.86. The van der Waals surface area contributed by atoms with Crippen molar-refractivity contribution >= 4 is 0 Å². The van der Waals surface area contributed by atoms with Crippen LogP contribution < -0.4 is 14.8 Å². The average Bonchev–Trinajstić information content (AvgIpc) is 2.38. The second-order valence-corrected chi connectivity index (χ2v) is 4.78. The minimum Gasteiger partial charge on any atom is -0.497 e. The summed E-state index contributed by atoms with van der Waals surface area (Å²) < 4.78 is 11.3. The van der Waals surface area contributed by atoms with Crippen molar-refractivity contribution in [2.45, 2.75) is 45.3 Å². The van der Waals surface area contributed by atoms with Crippen LogP contribution in [0.25, 0.3) is 0 Å². The molecule has 1 N–H and O–H groups in total. The fourth-order valence-electron chi connectivity index (χ4n) is 2.59. The Bertz CT molecular complexity index is 392. The summed E-state index contributed by atoms with van der Waals surface area (Å²) in [6.07, 6.45) is 3.64. The van der Waals surface area contributed by atoms with E-state index < -0.39 is 0 Å². The molecule has 3 nitrogen and oxygen atoms in total. The molecule has 1 aliphatic rings. The van der Waals surface area contributed by atoms with Crippen molar-refractivity contribution in [1.29, 1.82) is 0 Å². The van der Waals surface area contributed by atoms with Gasteiger partial charge >= 0.3 is 0 Å². The molecule has 0 fully saturated rings. The van der Waals surface area contributed by atoms with Crippen LogP contribution in [0.1, 0.15) is 44.7 Å². The summed E-state index contributed by atoms with van der Waals surface area (Å²) in [6, 6.07) is 6.53. The van der Waals surface area contributed by atoms with Gasteiger partial charge in [-0.3, -0.25) is 0 Å². The Balaban J connectivity index is 2.25. The number of benzene rings is 1. The molecule has 1 aromatic rings. The molecule has 0 bridgehead atoms. The van der Waals surface area contributed by atoms with Gasteiger partial charge < -0.3 is 14.8 Å². The maximum Gasteiger partial charge on any atom is 0.128 e. The number of ether oxygens (including phenoxy) is 2. The van der Waals surface area contributed by atoms with E-state index in [1.807, 2.05) is 12.1 Å². The van der Waals surface area contributed by atoms with Gasteiger partial charge in [-0.05, 0) is 19.0 Å². The highest BCUT2D eigenvalue weighted by Crippen LogP contribution is 2.38. The van der Waals surface area contributed by atoms with Crippen LogP contribution in [0.2, 0.25) is 0 Å². The van der Waals surface area contributed by atoms with Crippen molar-refractivity contribution in [2.24, 2.45) is 0 Å². The third kappa shape index (κ3) is 2.78. The monoisotopic (exact) mass is 249 g/mol. The zero-order chi connectivity index (χ0) is 13.0. The summed E-state index contributed by atoms with van der Waals surface area (Å²) >= 11 is 0. The number of hydrogen-bond donors (Lipinski definition) is 1. The number of fused-ring (bicyclic) bond motifs is 1. The van der Waals surface area contributed by atoms with Gasteiger partial charge in [0.25, 0.3) is 0 Å². The molecule has 0 radical (unpaired) electrons. The van der Waals surface area contributed by atoms with E-state index in [9.17, 15) is 0 Å². The van der Waals surface area contributed by atoms with Gasteiger partial charge in [-0.2, -0.15) is 0 Å². The highest BCUT2D eigenvalue weighted by Gasteiger charge is 2.27. The molecule has 0 aliphatic carbocycles. The van der Waals surface area contributed by atoms with E-state index in [1.165, 1.54) is 5.56 Å². The van der Waals surface area contributed by atoms with E-state index in [-0.39, 0.29) is 0 Å². The van der Waals surface area contributed by atoms with Crippen LogP contribution in [0.3, 0.4) is 0 Å². The molecule has 2 atom stereocenters. The average molecular weight is 249 g/mol. The molecule has 3 heteroatoms. The lowest BCUT2D eigenvalue weighted by molar-refractivity contribution is 0.140. The summed E-state index contributed by atoms with van der Waals surface area (Å²) in [5, 5.41) is 3.55. The molecule has 2 rings (SSSR count). The first-order valence-corrected chi connectivity index (χ1v) is 6.86. The van der Waals surface area contributed by atoms with Crippen LogP contribution in [0.15, 0.2) is 18.2 Å². The van der Waals surface area contributed by atoms with Crippen LogP contribution in [0.4, 0.5) is 0 Å². The van der Waals surface area contributed by atoms with Gasteiger partial charge in [-0.25, -0.2) is 0 Å². The first-order chi connectivity index (χ1) is 8.78. The highest BCUT2D eigenvalue weighted by molar-refractivity contribution is 5.44. The predicted octanol–water partition coefficient (Wildman–Crippen LogP) is 3.30. The van der Waals surface area contributed by atoms with Crippen molar-refractivity contribution in [3.8, 4) is 11.5 Å². The van der Waals surface area contributed by atoms with Crippen molar-refractivity contribution < 1.29 is 9.47 Å². The molecular weight excluding hydrogens is 226 g/mol. The third-order valence-electron chi connectivity index (χ3n) is 3.45. The molecule has 18 heavy (non-hydrogen) atoms. The number of hydrogen-bond acceptors (Lipinski definition) is 3. The molecule has 1 aromatic carbocycles. The fourth-order valence-corrected chi connectivity index (χ4v) is 2.59. The van der Waals surface area contributed by atoms with Crippen LogP contribution in [-0.4, -0.2) is 19.8 Å². The van der Waals surface area contributed by atoms with E-state index in [0.717, 1.165) is 37.3 Å². The molecule has 0 amide bonds. The largest absolute Gasteiger partial charge is 0.497 e. The van der Waals surface area contributed by atoms with E-state index >= 15 is 0 Å².